The third kappa shape index (κ3) is 9.20. The highest BCUT2D eigenvalue weighted by Crippen LogP contribution is 2.27. The summed E-state index contributed by atoms with van der Waals surface area (Å²) in [6.07, 6.45) is 5.88. The number of amides is 6. The van der Waals surface area contributed by atoms with Gasteiger partial charge in [0.25, 0.3) is 5.91 Å². The van der Waals surface area contributed by atoms with Crippen LogP contribution in [0.3, 0.4) is 0 Å². The van der Waals surface area contributed by atoms with Crippen molar-refractivity contribution in [3.05, 3.63) is 71.8 Å². The molecule has 0 radical (unpaired) electrons. The van der Waals surface area contributed by atoms with Crippen LogP contribution in [0.1, 0.15) is 82.8 Å². The van der Waals surface area contributed by atoms with E-state index in [4.69, 9.17) is 0 Å². The van der Waals surface area contributed by atoms with Crippen molar-refractivity contribution in [1.82, 2.24) is 35.8 Å². The molecule has 0 aromatic heterocycles. The first kappa shape index (κ1) is 39.9. The Labute approximate surface area is 324 Å². The van der Waals surface area contributed by atoms with E-state index in [1.807, 2.05) is 74.5 Å². The van der Waals surface area contributed by atoms with Gasteiger partial charge in [0.2, 0.25) is 29.5 Å². The van der Waals surface area contributed by atoms with Gasteiger partial charge in [-0.2, -0.15) is 0 Å². The first-order chi connectivity index (χ1) is 26.6. The van der Waals surface area contributed by atoms with Crippen molar-refractivity contribution in [1.29, 1.82) is 0 Å². The van der Waals surface area contributed by atoms with Crippen molar-refractivity contribution in [2.45, 2.75) is 121 Å². The minimum Gasteiger partial charge on any atom is -0.342 e. The van der Waals surface area contributed by atoms with Crippen molar-refractivity contribution >= 4 is 35.4 Å². The fourth-order valence-corrected chi connectivity index (χ4v) is 8.60. The van der Waals surface area contributed by atoms with E-state index in [1.165, 1.54) is 5.01 Å². The molecule has 7 atom stereocenters. The summed E-state index contributed by atoms with van der Waals surface area (Å²) in [4.78, 5) is 91.5. The average Bonchev–Trinajstić information content (AvgIpc) is 3.72. The number of nitrogens with zero attached hydrogens (tertiary/aromatic N) is 4. The van der Waals surface area contributed by atoms with Gasteiger partial charge in [0, 0.05) is 33.1 Å². The normalized spacial score (nSPS) is 28.3. The van der Waals surface area contributed by atoms with E-state index in [-0.39, 0.29) is 42.4 Å². The fourth-order valence-electron chi connectivity index (χ4n) is 8.60. The molecule has 4 aliphatic rings. The molecule has 4 aliphatic heterocycles. The van der Waals surface area contributed by atoms with Crippen molar-refractivity contribution in [3.8, 4) is 0 Å². The van der Waals surface area contributed by atoms with Crippen LogP contribution >= 0.6 is 0 Å². The number of hydrogen-bond acceptors (Lipinski definition) is 7. The quantitative estimate of drug-likeness (QED) is 0.410. The molecule has 6 amide bonds. The van der Waals surface area contributed by atoms with Crippen LogP contribution in [0.4, 0.5) is 0 Å². The number of benzene rings is 2. The number of nitrogens with one attached hydrogen (secondary N) is 3. The van der Waals surface area contributed by atoms with Crippen LogP contribution in [0.15, 0.2) is 60.7 Å². The van der Waals surface area contributed by atoms with Crippen LogP contribution in [0.5, 0.6) is 0 Å². The summed E-state index contributed by atoms with van der Waals surface area (Å²) < 4.78 is 0. The summed E-state index contributed by atoms with van der Waals surface area (Å²) in [6, 6.07) is 13.6. The molecule has 296 valence electrons. The van der Waals surface area contributed by atoms with Gasteiger partial charge in [-0.1, -0.05) is 80.9 Å². The standard InChI is InChI=1S/C42H57N7O6/c1-4-28(2)36-42(55)49-24-14-12-21-35(49)41(54)48-23-13-11-20-34(48)40(53)46(3)45-32(27-30-18-9-6-10-19-30)39(52)47-25-15-22-33(47)38(51)43-31(37(50)44-36)26-29-16-7-5-8-17-29/h5-10,16-19,28,31-36,45H,4,11-15,20-27H2,1-3H3,(H,43,51)(H,44,50)/t28?,31-,32+,33+,34+,35-,36+/m1/s1. The van der Waals surface area contributed by atoms with Crippen LogP contribution in [-0.4, -0.2) is 118 Å². The van der Waals surface area contributed by atoms with E-state index < -0.39 is 48.1 Å². The Morgan fingerprint density at radius 2 is 1.09 bits per heavy atom. The maximum absolute atomic E-state index is 14.6. The molecule has 4 saturated heterocycles. The lowest BCUT2D eigenvalue weighted by Crippen LogP contribution is -2.63. The molecule has 1 unspecified atom stereocenters. The second kappa shape index (κ2) is 18.2. The molecule has 4 heterocycles. The van der Waals surface area contributed by atoms with E-state index in [0.717, 1.165) is 30.4 Å². The van der Waals surface area contributed by atoms with Gasteiger partial charge in [-0.25, -0.2) is 5.43 Å². The number of fused-ring (bicyclic) bond motifs is 3. The molecule has 2 aromatic rings. The highest BCUT2D eigenvalue weighted by Gasteiger charge is 2.45. The molecular formula is C42H57N7O6. The Balaban J connectivity index is 1.40. The number of likely N-dealkylation sites (N-methyl/N-ethyl adjacent to an activating group) is 1. The summed E-state index contributed by atoms with van der Waals surface area (Å²) >= 11 is 0. The number of carbonyl (C=O) groups excluding carboxylic acids is 6. The van der Waals surface area contributed by atoms with Gasteiger partial charge >= 0.3 is 0 Å². The zero-order chi connectivity index (χ0) is 39.1. The second-order valence-electron chi connectivity index (χ2n) is 15.7. The first-order valence-corrected chi connectivity index (χ1v) is 20.2. The number of carbonyl (C=O) groups is 6. The van der Waals surface area contributed by atoms with E-state index >= 15 is 0 Å². The Hall–Kier alpha value is -4.78. The molecule has 3 N–H and O–H groups in total. The molecule has 6 rings (SSSR count). The molecule has 0 bridgehead atoms. The summed E-state index contributed by atoms with van der Waals surface area (Å²) in [5.41, 5.74) is 4.88. The summed E-state index contributed by atoms with van der Waals surface area (Å²) in [5, 5.41) is 7.33. The highest BCUT2D eigenvalue weighted by molar-refractivity contribution is 5.97. The molecular weight excluding hydrogens is 699 g/mol. The van der Waals surface area contributed by atoms with E-state index in [1.54, 1.807) is 21.7 Å². The Morgan fingerprint density at radius 1 is 0.582 bits per heavy atom. The van der Waals surface area contributed by atoms with Gasteiger partial charge < -0.3 is 25.3 Å². The fraction of sp³-hybridized carbons (Fsp3) is 0.571. The van der Waals surface area contributed by atoms with Crippen molar-refractivity contribution < 1.29 is 28.8 Å². The smallest absolute Gasteiger partial charge is 0.259 e. The van der Waals surface area contributed by atoms with Gasteiger partial charge in [-0.05, 0) is 74.8 Å². The SMILES string of the molecule is CCC(C)[C@@H]1NC(=O)[C@@H](Cc2ccccc2)NC(=O)[C@@H]2CCCN2C(=O)[C@H](Cc2ccccc2)NN(C)C(=O)[C@@H]2CCCCN2C(=O)[C@H]2CCCCN2C1=O. The molecule has 55 heavy (non-hydrogen) atoms. The third-order valence-electron chi connectivity index (χ3n) is 11.9. The van der Waals surface area contributed by atoms with E-state index in [0.29, 0.717) is 58.2 Å². The molecule has 0 saturated carbocycles. The third-order valence-corrected chi connectivity index (χ3v) is 11.9. The predicted octanol–water partition coefficient (Wildman–Crippen LogP) is 2.59. The van der Waals surface area contributed by atoms with Crippen LogP contribution in [0.2, 0.25) is 0 Å². The maximum atomic E-state index is 14.6. The zero-order valence-electron chi connectivity index (χ0n) is 32.5. The largest absolute Gasteiger partial charge is 0.342 e. The highest BCUT2D eigenvalue weighted by atomic mass is 16.2. The van der Waals surface area contributed by atoms with Crippen LogP contribution in [0, 0.1) is 5.92 Å². The average molecular weight is 756 g/mol. The lowest BCUT2D eigenvalue weighted by atomic mass is 9.92. The van der Waals surface area contributed by atoms with Crippen LogP contribution in [0.25, 0.3) is 0 Å². The maximum Gasteiger partial charge on any atom is 0.259 e. The lowest BCUT2D eigenvalue weighted by molar-refractivity contribution is -0.157. The Bertz CT molecular complexity index is 1690. The van der Waals surface area contributed by atoms with E-state index in [2.05, 4.69) is 16.1 Å². The van der Waals surface area contributed by atoms with Gasteiger partial charge in [0.15, 0.2) is 0 Å². The topological polar surface area (TPSA) is 151 Å². The van der Waals surface area contributed by atoms with Crippen LogP contribution in [-0.2, 0) is 41.6 Å². The molecule has 2 aromatic carbocycles. The van der Waals surface area contributed by atoms with Gasteiger partial charge in [-0.3, -0.25) is 33.8 Å². The minimum absolute atomic E-state index is 0.173. The summed E-state index contributed by atoms with van der Waals surface area (Å²) in [5.74, 6) is -2.50. The predicted molar refractivity (Wildman–Crippen MR) is 207 cm³/mol. The first-order valence-electron chi connectivity index (χ1n) is 20.2. The van der Waals surface area contributed by atoms with E-state index in [9.17, 15) is 28.8 Å². The van der Waals surface area contributed by atoms with Crippen molar-refractivity contribution in [3.63, 3.8) is 0 Å². The van der Waals surface area contributed by atoms with Gasteiger partial charge in [0.1, 0.15) is 36.3 Å². The monoisotopic (exact) mass is 755 g/mol. The van der Waals surface area contributed by atoms with Gasteiger partial charge in [-0.15, -0.1) is 0 Å². The summed E-state index contributed by atoms with van der Waals surface area (Å²) in [7, 11) is 1.58. The molecule has 0 spiro atoms. The summed E-state index contributed by atoms with van der Waals surface area (Å²) in [6.45, 7) is 4.93. The van der Waals surface area contributed by atoms with Crippen LogP contribution < -0.4 is 16.1 Å². The minimum atomic E-state index is -1.04. The molecule has 13 heteroatoms. The second-order valence-corrected chi connectivity index (χ2v) is 15.7. The van der Waals surface area contributed by atoms with Crippen molar-refractivity contribution in [2.24, 2.45) is 5.92 Å². The van der Waals surface area contributed by atoms with Crippen molar-refractivity contribution in [2.75, 3.05) is 26.7 Å². The zero-order valence-corrected chi connectivity index (χ0v) is 32.5. The van der Waals surface area contributed by atoms with Gasteiger partial charge in [0.05, 0.1) is 0 Å². The Kier molecular flexibility index (Phi) is 13.2. The number of rotatable bonds is 6. The lowest BCUT2D eigenvalue weighted by Gasteiger charge is -2.43. The number of hydrazine groups is 1. The molecule has 4 fully saturated rings. The molecule has 0 aliphatic carbocycles. The number of hydrogen-bond donors (Lipinski definition) is 3. The Morgan fingerprint density at radius 3 is 1.69 bits per heavy atom. The number of piperidine rings is 2. The molecule has 13 nitrogen and oxygen atoms in total.